The molecule has 0 bridgehead atoms. The summed E-state index contributed by atoms with van der Waals surface area (Å²) in [5, 5.41) is 0.523. The molecule has 23 heavy (non-hydrogen) atoms. The molecule has 0 unspecified atom stereocenters. The van der Waals surface area contributed by atoms with Gasteiger partial charge in [-0.2, -0.15) is 0 Å². The van der Waals surface area contributed by atoms with Crippen LogP contribution < -0.4 is 4.31 Å². The Morgan fingerprint density at radius 2 is 1.78 bits per heavy atom. The van der Waals surface area contributed by atoms with Gasteiger partial charge >= 0.3 is 0 Å². The zero-order valence-electron chi connectivity index (χ0n) is 12.9. The van der Waals surface area contributed by atoms with Crippen LogP contribution in [0, 0.1) is 6.92 Å². The molecule has 0 N–H and O–H groups in total. The van der Waals surface area contributed by atoms with Crippen LogP contribution in [0.1, 0.15) is 11.1 Å². The molecule has 2 aromatic carbocycles. The molecule has 0 aliphatic carbocycles. The smallest absolute Gasteiger partial charge is 0.262 e. The molecule has 0 aliphatic heterocycles. The number of nitrogens with zero attached hydrogens (tertiary/aromatic N) is 1. The van der Waals surface area contributed by atoms with Crippen LogP contribution in [0.4, 0.5) is 5.69 Å². The summed E-state index contributed by atoms with van der Waals surface area (Å²) in [6.07, 6.45) is 3.13. The third-order valence-corrected chi connectivity index (χ3v) is 5.41. The minimum atomic E-state index is -3.71. The van der Waals surface area contributed by atoms with E-state index in [9.17, 15) is 8.42 Å². The molecule has 0 saturated carbocycles. The van der Waals surface area contributed by atoms with Gasteiger partial charge in [-0.3, -0.25) is 4.31 Å². The topological polar surface area (TPSA) is 37.4 Å². The predicted molar refractivity (Wildman–Crippen MR) is 97.5 cm³/mol. The second-order valence-electron chi connectivity index (χ2n) is 5.05. The molecule has 0 aromatic heterocycles. The number of rotatable bonds is 6. The standard InChI is InChI=1S/C18H18ClNO2S/c1-4-12-20(18-11-8-16(19)13-15(18)5-2)23(21,22)17-9-6-14(3)7-10-17/h4-11,13H,1-2,12H2,3H3. The number of benzene rings is 2. The van der Waals surface area contributed by atoms with Crippen molar-refractivity contribution in [2.24, 2.45) is 0 Å². The second kappa shape index (κ2) is 7.02. The summed E-state index contributed by atoms with van der Waals surface area (Å²) < 4.78 is 27.3. The number of hydrogen-bond acceptors (Lipinski definition) is 2. The summed E-state index contributed by atoms with van der Waals surface area (Å²) >= 11 is 5.99. The van der Waals surface area contributed by atoms with Gasteiger partial charge in [-0.1, -0.05) is 48.0 Å². The average Bonchev–Trinajstić information content (AvgIpc) is 2.53. The monoisotopic (exact) mass is 347 g/mol. The van der Waals surface area contributed by atoms with E-state index in [2.05, 4.69) is 13.2 Å². The molecule has 0 heterocycles. The molecule has 0 saturated heterocycles. The molecule has 3 nitrogen and oxygen atoms in total. The summed E-state index contributed by atoms with van der Waals surface area (Å²) in [6.45, 7) is 9.46. The first-order valence-corrected chi connectivity index (χ1v) is 8.84. The van der Waals surface area contributed by atoms with Crippen LogP contribution in [0.2, 0.25) is 5.02 Å². The highest BCUT2D eigenvalue weighted by molar-refractivity contribution is 7.92. The van der Waals surface area contributed by atoms with E-state index in [4.69, 9.17) is 11.6 Å². The van der Waals surface area contributed by atoms with Crippen LogP contribution in [0.15, 0.2) is 66.6 Å². The van der Waals surface area contributed by atoms with E-state index in [0.717, 1.165) is 5.56 Å². The second-order valence-corrected chi connectivity index (χ2v) is 7.34. The highest BCUT2D eigenvalue weighted by Crippen LogP contribution is 2.30. The fraction of sp³-hybridized carbons (Fsp3) is 0.111. The first-order valence-electron chi connectivity index (χ1n) is 7.02. The zero-order valence-corrected chi connectivity index (χ0v) is 14.4. The van der Waals surface area contributed by atoms with Crippen molar-refractivity contribution in [3.05, 3.63) is 77.8 Å². The molecule has 0 atom stereocenters. The van der Waals surface area contributed by atoms with Gasteiger partial charge in [0, 0.05) is 5.02 Å². The summed E-state index contributed by atoms with van der Waals surface area (Å²) in [5.41, 5.74) is 2.16. The van der Waals surface area contributed by atoms with Crippen molar-refractivity contribution in [1.29, 1.82) is 0 Å². The average molecular weight is 348 g/mol. The maximum atomic E-state index is 13.0. The molecule has 5 heteroatoms. The van der Waals surface area contributed by atoms with E-state index in [1.165, 1.54) is 4.31 Å². The lowest BCUT2D eigenvalue weighted by atomic mass is 10.2. The first kappa shape index (κ1) is 17.3. The van der Waals surface area contributed by atoms with Crippen molar-refractivity contribution in [2.45, 2.75) is 11.8 Å². The van der Waals surface area contributed by atoms with Gasteiger partial charge in [-0.15, -0.1) is 6.58 Å². The molecule has 0 amide bonds. The fourth-order valence-electron chi connectivity index (χ4n) is 2.20. The molecule has 0 spiro atoms. The van der Waals surface area contributed by atoms with Gasteiger partial charge in [0.25, 0.3) is 10.0 Å². The number of halogens is 1. The third kappa shape index (κ3) is 3.66. The van der Waals surface area contributed by atoms with Gasteiger partial charge in [0.15, 0.2) is 0 Å². The number of aryl methyl sites for hydroxylation is 1. The fourth-order valence-corrected chi connectivity index (χ4v) is 3.84. The zero-order chi connectivity index (χ0) is 17.0. The van der Waals surface area contributed by atoms with E-state index >= 15 is 0 Å². The lowest BCUT2D eigenvalue weighted by Gasteiger charge is -2.25. The van der Waals surface area contributed by atoms with Crippen LogP contribution >= 0.6 is 11.6 Å². The summed E-state index contributed by atoms with van der Waals surface area (Å²) in [5.74, 6) is 0. The van der Waals surface area contributed by atoms with E-state index in [-0.39, 0.29) is 11.4 Å². The lowest BCUT2D eigenvalue weighted by molar-refractivity contribution is 0.593. The van der Waals surface area contributed by atoms with Gasteiger partial charge in [-0.25, -0.2) is 8.42 Å². The van der Waals surface area contributed by atoms with Crippen molar-refractivity contribution in [3.63, 3.8) is 0 Å². The Bertz CT molecular complexity index is 827. The normalized spacial score (nSPS) is 11.0. The van der Waals surface area contributed by atoms with Gasteiger partial charge in [0.2, 0.25) is 0 Å². The Labute approximate surface area is 142 Å². The Morgan fingerprint density at radius 3 is 2.35 bits per heavy atom. The van der Waals surface area contributed by atoms with E-state index in [1.54, 1.807) is 54.6 Å². The molecular formula is C18H18ClNO2S. The van der Waals surface area contributed by atoms with Crippen LogP contribution in [0.3, 0.4) is 0 Å². The molecule has 0 fully saturated rings. The van der Waals surface area contributed by atoms with Crippen LogP contribution in [-0.4, -0.2) is 15.0 Å². The number of sulfonamides is 1. The van der Waals surface area contributed by atoms with Crippen LogP contribution in [-0.2, 0) is 10.0 Å². The molecule has 120 valence electrons. The minimum Gasteiger partial charge on any atom is -0.262 e. The molecule has 2 aromatic rings. The quantitative estimate of drug-likeness (QED) is 0.712. The number of anilines is 1. The lowest BCUT2D eigenvalue weighted by Crippen LogP contribution is -2.31. The number of hydrogen-bond donors (Lipinski definition) is 0. The van der Waals surface area contributed by atoms with Gasteiger partial charge < -0.3 is 0 Å². The third-order valence-electron chi connectivity index (χ3n) is 3.38. The maximum Gasteiger partial charge on any atom is 0.264 e. The molecule has 0 aliphatic rings. The van der Waals surface area contributed by atoms with E-state index in [0.29, 0.717) is 16.3 Å². The van der Waals surface area contributed by atoms with Crippen LogP contribution in [0.25, 0.3) is 6.08 Å². The SMILES string of the molecule is C=CCN(c1ccc(Cl)cc1C=C)S(=O)(=O)c1ccc(C)cc1. The van der Waals surface area contributed by atoms with Crippen molar-refractivity contribution < 1.29 is 8.42 Å². The Kier molecular flexibility index (Phi) is 5.29. The molecule has 2 rings (SSSR count). The summed E-state index contributed by atoms with van der Waals surface area (Å²) in [4.78, 5) is 0.231. The van der Waals surface area contributed by atoms with Crippen molar-refractivity contribution in [2.75, 3.05) is 10.8 Å². The van der Waals surface area contributed by atoms with Crippen molar-refractivity contribution in [1.82, 2.24) is 0 Å². The van der Waals surface area contributed by atoms with Gasteiger partial charge in [0.05, 0.1) is 17.1 Å². The van der Waals surface area contributed by atoms with Crippen LogP contribution in [0.5, 0.6) is 0 Å². The highest BCUT2D eigenvalue weighted by atomic mass is 35.5. The Morgan fingerprint density at radius 1 is 1.13 bits per heavy atom. The first-order chi connectivity index (χ1) is 10.9. The maximum absolute atomic E-state index is 13.0. The van der Waals surface area contributed by atoms with Gasteiger partial charge in [-0.05, 0) is 42.8 Å². The molecule has 0 radical (unpaired) electrons. The highest BCUT2D eigenvalue weighted by Gasteiger charge is 2.25. The Balaban J connectivity index is 2.60. The largest absolute Gasteiger partial charge is 0.264 e. The summed E-state index contributed by atoms with van der Waals surface area (Å²) in [6, 6.07) is 11.8. The van der Waals surface area contributed by atoms with E-state index < -0.39 is 10.0 Å². The molecular weight excluding hydrogens is 330 g/mol. The Hall–Kier alpha value is -2.04. The van der Waals surface area contributed by atoms with Gasteiger partial charge in [0.1, 0.15) is 0 Å². The van der Waals surface area contributed by atoms with E-state index in [1.807, 2.05) is 6.92 Å². The summed E-state index contributed by atoms with van der Waals surface area (Å²) in [7, 11) is -3.71. The van der Waals surface area contributed by atoms with Crippen molar-refractivity contribution in [3.8, 4) is 0 Å². The minimum absolute atomic E-state index is 0.151. The van der Waals surface area contributed by atoms with Crippen molar-refractivity contribution >= 4 is 33.4 Å². The predicted octanol–water partition coefficient (Wildman–Crippen LogP) is 4.67.